The molecular formula is C16H35O3P. The first-order chi connectivity index (χ1) is 9.27. The lowest BCUT2D eigenvalue weighted by molar-refractivity contribution is 0.111. The van der Waals surface area contributed by atoms with Gasteiger partial charge in [-0.25, -0.2) is 0 Å². The van der Waals surface area contributed by atoms with Crippen LogP contribution in [0.4, 0.5) is 0 Å². The van der Waals surface area contributed by atoms with E-state index in [4.69, 9.17) is 4.52 Å². The standard InChI is InChI=1S/C16H35O3P/c1-5-6-7-8-9-10-11-12-13-14-15-20(17,18)19-16(2,3)4/h5-15H2,1-4H3,(H,17,18). The molecule has 0 aromatic heterocycles. The van der Waals surface area contributed by atoms with Gasteiger partial charge in [0.05, 0.1) is 11.8 Å². The van der Waals surface area contributed by atoms with E-state index in [1.54, 1.807) is 0 Å². The maximum Gasteiger partial charge on any atom is 0.328 e. The van der Waals surface area contributed by atoms with Crippen LogP contribution in [0.3, 0.4) is 0 Å². The monoisotopic (exact) mass is 306 g/mol. The van der Waals surface area contributed by atoms with Crippen LogP contribution in [0, 0.1) is 0 Å². The topological polar surface area (TPSA) is 46.5 Å². The highest BCUT2D eigenvalue weighted by atomic mass is 31.2. The summed E-state index contributed by atoms with van der Waals surface area (Å²) in [5.74, 6) is 0. The summed E-state index contributed by atoms with van der Waals surface area (Å²) in [7, 11) is -3.39. The lowest BCUT2D eigenvalue weighted by atomic mass is 10.1. The summed E-state index contributed by atoms with van der Waals surface area (Å²) in [6.45, 7) is 7.68. The van der Waals surface area contributed by atoms with E-state index < -0.39 is 13.2 Å². The van der Waals surface area contributed by atoms with Crippen molar-refractivity contribution in [2.75, 3.05) is 6.16 Å². The molecule has 0 saturated carbocycles. The molecule has 1 unspecified atom stereocenters. The largest absolute Gasteiger partial charge is 0.328 e. The van der Waals surface area contributed by atoms with Gasteiger partial charge in [-0.2, -0.15) is 0 Å². The lowest BCUT2D eigenvalue weighted by Gasteiger charge is -2.23. The zero-order valence-corrected chi connectivity index (χ0v) is 14.9. The first-order valence-corrected chi connectivity index (χ1v) is 10.1. The third-order valence-electron chi connectivity index (χ3n) is 3.21. The van der Waals surface area contributed by atoms with Crippen molar-refractivity contribution in [1.82, 2.24) is 0 Å². The molecule has 20 heavy (non-hydrogen) atoms. The first kappa shape index (κ1) is 20.1. The molecule has 0 aliphatic heterocycles. The van der Waals surface area contributed by atoms with Gasteiger partial charge in [0.1, 0.15) is 0 Å². The Morgan fingerprint density at radius 2 is 1.25 bits per heavy atom. The predicted molar refractivity (Wildman–Crippen MR) is 87.4 cm³/mol. The van der Waals surface area contributed by atoms with Crippen LogP contribution in [0.25, 0.3) is 0 Å². The first-order valence-electron chi connectivity index (χ1n) is 8.29. The molecule has 1 atom stereocenters. The minimum Gasteiger partial charge on any atom is -0.324 e. The van der Waals surface area contributed by atoms with E-state index in [1.165, 1.54) is 51.4 Å². The van der Waals surface area contributed by atoms with Gasteiger partial charge in [0.25, 0.3) is 0 Å². The Bertz CT molecular complexity index is 271. The van der Waals surface area contributed by atoms with Gasteiger partial charge in [-0.3, -0.25) is 4.57 Å². The van der Waals surface area contributed by atoms with Crippen molar-refractivity contribution < 1.29 is 14.0 Å². The summed E-state index contributed by atoms with van der Waals surface area (Å²) in [5.41, 5.74) is -0.539. The van der Waals surface area contributed by atoms with Gasteiger partial charge < -0.3 is 9.42 Å². The Kier molecular flexibility index (Phi) is 10.9. The van der Waals surface area contributed by atoms with Crippen LogP contribution in [-0.4, -0.2) is 16.7 Å². The molecule has 1 N–H and O–H groups in total. The van der Waals surface area contributed by atoms with Gasteiger partial charge in [-0.05, 0) is 27.2 Å². The molecule has 0 rings (SSSR count). The average Bonchev–Trinajstić information content (AvgIpc) is 2.28. The third kappa shape index (κ3) is 14.6. The quantitative estimate of drug-likeness (QED) is 0.360. The summed E-state index contributed by atoms with van der Waals surface area (Å²) in [6.07, 6.45) is 12.6. The molecule has 0 aliphatic carbocycles. The van der Waals surface area contributed by atoms with Gasteiger partial charge in [0.2, 0.25) is 0 Å². The average molecular weight is 306 g/mol. The second-order valence-corrected chi connectivity index (χ2v) is 8.65. The molecule has 0 saturated heterocycles. The number of hydrogen-bond donors (Lipinski definition) is 1. The molecule has 0 aromatic carbocycles. The summed E-state index contributed by atoms with van der Waals surface area (Å²) in [6, 6.07) is 0. The van der Waals surface area contributed by atoms with Gasteiger partial charge in [-0.1, -0.05) is 64.7 Å². The highest BCUT2D eigenvalue weighted by molar-refractivity contribution is 7.52. The van der Waals surface area contributed by atoms with Crippen LogP contribution < -0.4 is 0 Å². The Morgan fingerprint density at radius 3 is 1.65 bits per heavy atom. The van der Waals surface area contributed by atoms with Crippen molar-refractivity contribution in [2.24, 2.45) is 0 Å². The third-order valence-corrected chi connectivity index (χ3v) is 4.93. The van der Waals surface area contributed by atoms with Gasteiger partial charge in [0.15, 0.2) is 0 Å². The molecule has 0 aliphatic rings. The normalized spacial score (nSPS) is 15.2. The SMILES string of the molecule is CCCCCCCCCCCCP(=O)(O)OC(C)(C)C. The minimum atomic E-state index is -3.39. The highest BCUT2D eigenvalue weighted by Gasteiger charge is 2.26. The molecule has 3 nitrogen and oxygen atoms in total. The van der Waals surface area contributed by atoms with E-state index in [1.807, 2.05) is 20.8 Å². The van der Waals surface area contributed by atoms with E-state index in [0.29, 0.717) is 6.16 Å². The van der Waals surface area contributed by atoms with E-state index in [2.05, 4.69) is 6.92 Å². The molecule has 0 spiro atoms. The van der Waals surface area contributed by atoms with Crippen molar-refractivity contribution in [3.63, 3.8) is 0 Å². The fraction of sp³-hybridized carbons (Fsp3) is 1.00. The van der Waals surface area contributed by atoms with E-state index >= 15 is 0 Å². The van der Waals surface area contributed by atoms with Gasteiger partial charge >= 0.3 is 7.60 Å². The van der Waals surface area contributed by atoms with E-state index in [0.717, 1.165) is 12.8 Å². The Labute approximate surface area is 126 Å². The van der Waals surface area contributed by atoms with Crippen LogP contribution in [0.1, 0.15) is 91.9 Å². The van der Waals surface area contributed by atoms with Gasteiger partial charge in [0, 0.05) is 0 Å². The molecule has 0 heterocycles. The van der Waals surface area contributed by atoms with Crippen LogP contribution in [0.2, 0.25) is 0 Å². The maximum atomic E-state index is 11.8. The van der Waals surface area contributed by atoms with E-state index in [-0.39, 0.29) is 0 Å². The Morgan fingerprint density at radius 1 is 0.850 bits per heavy atom. The summed E-state index contributed by atoms with van der Waals surface area (Å²) in [4.78, 5) is 9.71. The molecule has 0 amide bonds. The Balaban J connectivity index is 3.42. The van der Waals surface area contributed by atoms with Crippen molar-refractivity contribution in [1.29, 1.82) is 0 Å². The fourth-order valence-electron chi connectivity index (χ4n) is 2.27. The fourth-order valence-corrected chi connectivity index (χ4v) is 3.84. The van der Waals surface area contributed by atoms with Gasteiger partial charge in [-0.15, -0.1) is 0 Å². The second kappa shape index (κ2) is 10.8. The van der Waals surface area contributed by atoms with Crippen molar-refractivity contribution in [3.05, 3.63) is 0 Å². The van der Waals surface area contributed by atoms with E-state index in [9.17, 15) is 9.46 Å². The van der Waals surface area contributed by atoms with Crippen LogP contribution in [0.5, 0.6) is 0 Å². The zero-order chi connectivity index (χ0) is 15.5. The molecular weight excluding hydrogens is 271 g/mol. The zero-order valence-electron chi connectivity index (χ0n) is 14.0. The summed E-state index contributed by atoms with van der Waals surface area (Å²) < 4.78 is 17.0. The van der Waals surface area contributed by atoms with Crippen LogP contribution in [0.15, 0.2) is 0 Å². The predicted octanol–water partition coefficient (Wildman–Crippen LogP) is 5.91. The molecule has 122 valence electrons. The Hall–Kier alpha value is 0.150. The summed E-state index contributed by atoms with van der Waals surface area (Å²) >= 11 is 0. The summed E-state index contributed by atoms with van der Waals surface area (Å²) in [5, 5.41) is 0. The van der Waals surface area contributed by atoms with Crippen LogP contribution >= 0.6 is 7.60 Å². The maximum absolute atomic E-state index is 11.8. The smallest absolute Gasteiger partial charge is 0.324 e. The molecule has 0 radical (unpaired) electrons. The number of hydrogen-bond acceptors (Lipinski definition) is 2. The number of rotatable bonds is 12. The number of unbranched alkanes of at least 4 members (excludes halogenated alkanes) is 9. The molecule has 0 aromatic rings. The highest BCUT2D eigenvalue weighted by Crippen LogP contribution is 2.46. The molecule has 0 fully saturated rings. The van der Waals surface area contributed by atoms with Crippen molar-refractivity contribution >= 4 is 7.60 Å². The molecule has 0 bridgehead atoms. The lowest BCUT2D eigenvalue weighted by Crippen LogP contribution is -2.18. The van der Waals surface area contributed by atoms with Crippen molar-refractivity contribution in [2.45, 2.75) is 97.5 Å². The van der Waals surface area contributed by atoms with Crippen molar-refractivity contribution in [3.8, 4) is 0 Å². The van der Waals surface area contributed by atoms with Crippen LogP contribution in [-0.2, 0) is 9.09 Å². The second-order valence-electron chi connectivity index (χ2n) is 6.75. The molecule has 4 heteroatoms. The minimum absolute atomic E-state index is 0.292.